The van der Waals surface area contributed by atoms with E-state index in [0.29, 0.717) is 6.04 Å². The molecule has 2 aromatic rings. The lowest BCUT2D eigenvalue weighted by atomic mass is 9.95. The Morgan fingerprint density at radius 1 is 1.00 bits per heavy atom. The molecule has 0 saturated carbocycles. The van der Waals surface area contributed by atoms with Gasteiger partial charge >= 0.3 is 0 Å². The second-order valence-corrected chi connectivity index (χ2v) is 8.27. The molecular weight excluding hydrogens is 356 g/mol. The molecule has 0 saturated heterocycles. The topological polar surface area (TPSA) is 53.3 Å². The van der Waals surface area contributed by atoms with Crippen molar-refractivity contribution in [2.75, 3.05) is 11.4 Å². The molecule has 0 spiro atoms. The van der Waals surface area contributed by atoms with Crippen molar-refractivity contribution in [2.45, 2.75) is 52.7 Å². The third-order valence-corrected chi connectivity index (χ3v) is 5.15. The summed E-state index contributed by atoms with van der Waals surface area (Å²) in [7, 11) is 0. The van der Waals surface area contributed by atoms with E-state index in [1.807, 2.05) is 0 Å². The Labute approximate surface area is 175 Å². The Kier molecular flexibility index (Phi) is 6.65. The van der Waals surface area contributed by atoms with Crippen molar-refractivity contribution in [1.29, 1.82) is 0 Å². The van der Waals surface area contributed by atoms with Crippen LogP contribution < -0.4 is 21.3 Å². The lowest BCUT2D eigenvalue weighted by Gasteiger charge is -2.33. The second-order valence-electron chi connectivity index (χ2n) is 8.27. The number of hydrogen-bond acceptors (Lipinski definition) is 4. The van der Waals surface area contributed by atoms with Gasteiger partial charge in [-0.2, -0.15) is 0 Å². The molecule has 3 rings (SSSR count). The fraction of sp³-hybridized carbons (Fsp3) is 0.360. The molecule has 0 amide bonds. The first kappa shape index (κ1) is 21.0. The summed E-state index contributed by atoms with van der Waals surface area (Å²) in [6.45, 7) is 14.7. The number of fused-ring (bicyclic) bond motifs is 2. The molecule has 2 aromatic carbocycles. The van der Waals surface area contributed by atoms with Crippen LogP contribution in [-0.4, -0.2) is 18.6 Å². The first-order valence-corrected chi connectivity index (χ1v) is 10.5. The first-order valence-electron chi connectivity index (χ1n) is 10.5. The largest absolute Gasteiger partial charge is 0.397 e. The van der Waals surface area contributed by atoms with E-state index >= 15 is 0 Å². The predicted molar refractivity (Wildman–Crippen MR) is 125 cm³/mol. The third kappa shape index (κ3) is 4.83. The van der Waals surface area contributed by atoms with Crippen LogP contribution in [0.2, 0.25) is 0 Å². The molecule has 0 aliphatic carbocycles. The molecule has 4 N–H and O–H groups in total. The number of rotatable bonds is 7. The van der Waals surface area contributed by atoms with Crippen molar-refractivity contribution in [2.24, 2.45) is 5.73 Å². The molecule has 0 fully saturated rings. The van der Waals surface area contributed by atoms with E-state index in [2.05, 4.69) is 98.3 Å². The highest BCUT2D eigenvalue weighted by atomic mass is 15.2. The van der Waals surface area contributed by atoms with Gasteiger partial charge in [-0.15, -0.1) is 0 Å². The minimum Gasteiger partial charge on any atom is -0.397 e. The zero-order valence-electron chi connectivity index (χ0n) is 18.1. The van der Waals surface area contributed by atoms with Crippen LogP contribution in [-0.2, 0) is 6.54 Å². The van der Waals surface area contributed by atoms with Crippen molar-refractivity contribution in [1.82, 2.24) is 10.6 Å². The van der Waals surface area contributed by atoms with Crippen LogP contribution in [0.3, 0.4) is 0 Å². The van der Waals surface area contributed by atoms with E-state index in [1.54, 1.807) is 0 Å². The summed E-state index contributed by atoms with van der Waals surface area (Å²) >= 11 is 0. The molecule has 1 aliphatic rings. The van der Waals surface area contributed by atoms with Crippen LogP contribution in [0.4, 0.5) is 5.69 Å². The summed E-state index contributed by atoms with van der Waals surface area (Å²) in [4.78, 5) is 2.34. The maximum atomic E-state index is 6.72. The van der Waals surface area contributed by atoms with Gasteiger partial charge < -0.3 is 21.3 Å². The minimum atomic E-state index is 0.273. The smallest absolute Gasteiger partial charge is 0.0676 e. The number of benzene rings is 2. The van der Waals surface area contributed by atoms with E-state index in [-0.39, 0.29) is 6.04 Å². The SMILES string of the molecule is C=C(CCNC(C)C)N1Cc2ccccc2/C(N)=C(/NC(C)C)c2ccccc21. The normalized spacial score (nSPS) is 16.3. The quantitative estimate of drug-likeness (QED) is 0.642. The average Bonchev–Trinajstić information content (AvgIpc) is 2.69. The van der Waals surface area contributed by atoms with Crippen molar-refractivity contribution >= 4 is 17.1 Å². The van der Waals surface area contributed by atoms with Crippen LogP contribution in [0.5, 0.6) is 0 Å². The Morgan fingerprint density at radius 2 is 1.66 bits per heavy atom. The minimum absolute atomic E-state index is 0.273. The Bertz CT molecular complexity index is 895. The van der Waals surface area contributed by atoms with Gasteiger partial charge in [0, 0.05) is 42.0 Å². The van der Waals surface area contributed by atoms with Gasteiger partial charge in [0.15, 0.2) is 0 Å². The van der Waals surface area contributed by atoms with Crippen LogP contribution in [0.1, 0.15) is 50.8 Å². The van der Waals surface area contributed by atoms with Crippen molar-refractivity contribution in [3.8, 4) is 0 Å². The fourth-order valence-electron chi connectivity index (χ4n) is 3.74. The Morgan fingerprint density at radius 3 is 2.34 bits per heavy atom. The maximum absolute atomic E-state index is 6.72. The zero-order chi connectivity index (χ0) is 21.0. The van der Waals surface area contributed by atoms with Crippen LogP contribution in [0.25, 0.3) is 11.4 Å². The predicted octanol–water partition coefficient (Wildman–Crippen LogP) is 4.69. The Balaban J connectivity index is 2.11. The monoisotopic (exact) mass is 390 g/mol. The van der Waals surface area contributed by atoms with Gasteiger partial charge in [-0.05, 0) is 31.9 Å². The third-order valence-electron chi connectivity index (χ3n) is 5.15. The highest BCUT2D eigenvalue weighted by Crippen LogP contribution is 2.36. The number of nitrogens with zero attached hydrogens (tertiary/aromatic N) is 1. The fourth-order valence-corrected chi connectivity index (χ4v) is 3.74. The molecule has 0 atom stereocenters. The zero-order valence-corrected chi connectivity index (χ0v) is 18.1. The van der Waals surface area contributed by atoms with Crippen LogP contribution in [0, 0.1) is 0 Å². The second kappa shape index (κ2) is 9.19. The molecule has 0 bridgehead atoms. The molecule has 0 radical (unpaired) electrons. The highest BCUT2D eigenvalue weighted by molar-refractivity contribution is 5.94. The lowest BCUT2D eigenvalue weighted by Crippen LogP contribution is -2.31. The van der Waals surface area contributed by atoms with Gasteiger partial charge in [0.05, 0.1) is 17.1 Å². The first-order chi connectivity index (χ1) is 13.9. The molecule has 4 nitrogen and oxygen atoms in total. The van der Waals surface area contributed by atoms with Crippen LogP contribution in [0.15, 0.2) is 60.8 Å². The average molecular weight is 391 g/mol. The summed E-state index contributed by atoms with van der Waals surface area (Å²) in [5, 5.41) is 7.10. The van der Waals surface area contributed by atoms with E-state index < -0.39 is 0 Å². The van der Waals surface area contributed by atoms with E-state index in [4.69, 9.17) is 5.73 Å². The van der Waals surface area contributed by atoms with Gasteiger partial charge in [0.1, 0.15) is 0 Å². The number of para-hydroxylation sites is 1. The molecule has 1 aliphatic heterocycles. The summed E-state index contributed by atoms with van der Waals surface area (Å²) in [6.07, 6.45) is 0.890. The summed E-state index contributed by atoms with van der Waals surface area (Å²) in [6, 6.07) is 17.6. The van der Waals surface area contributed by atoms with E-state index in [9.17, 15) is 0 Å². The van der Waals surface area contributed by atoms with E-state index in [1.165, 1.54) is 5.56 Å². The number of anilines is 1. The van der Waals surface area contributed by atoms with Crippen LogP contribution >= 0.6 is 0 Å². The van der Waals surface area contributed by atoms with Crippen molar-refractivity contribution in [3.05, 3.63) is 77.5 Å². The van der Waals surface area contributed by atoms with Crippen molar-refractivity contribution < 1.29 is 0 Å². The number of nitrogens with two attached hydrogens (primary N) is 1. The molecule has 4 heteroatoms. The summed E-state index contributed by atoms with van der Waals surface area (Å²) in [5.74, 6) is 0. The van der Waals surface area contributed by atoms with Gasteiger partial charge in [-0.3, -0.25) is 0 Å². The standard InChI is InChI=1S/C25H34N4/c1-17(2)27-15-14-19(5)29-16-20-10-6-7-11-21(20)24(26)25(28-18(3)4)22-12-8-9-13-23(22)29/h6-13,17-18,27-28H,5,14-16,26H2,1-4H3/b25-24-. The highest BCUT2D eigenvalue weighted by Gasteiger charge is 2.24. The molecule has 29 heavy (non-hydrogen) atoms. The number of hydrogen-bond donors (Lipinski definition) is 3. The van der Waals surface area contributed by atoms with Gasteiger partial charge in [-0.1, -0.05) is 62.9 Å². The molecular formula is C25H34N4. The molecule has 0 unspecified atom stereocenters. The Hall–Kier alpha value is -2.72. The maximum Gasteiger partial charge on any atom is 0.0676 e. The number of nitrogens with one attached hydrogen (secondary N) is 2. The van der Waals surface area contributed by atoms with Gasteiger partial charge in [0.25, 0.3) is 0 Å². The summed E-state index contributed by atoms with van der Waals surface area (Å²) < 4.78 is 0. The van der Waals surface area contributed by atoms with E-state index in [0.717, 1.165) is 53.4 Å². The van der Waals surface area contributed by atoms with Gasteiger partial charge in [0.2, 0.25) is 0 Å². The summed E-state index contributed by atoms with van der Waals surface area (Å²) in [5.41, 5.74) is 14.2. The van der Waals surface area contributed by atoms with Gasteiger partial charge in [-0.25, -0.2) is 0 Å². The lowest BCUT2D eigenvalue weighted by molar-refractivity contribution is 0.584. The molecule has 0 aromatic heterocycles. The molecule has 154 valence electrons. The van der Waals surface area contributed by atoms with Crippen molar-refractivity contribution in [3.63, 3.8) is 0 Å². The molecule has 1 heterocycles.